The lowest BCUT2D eigenvalue weighted by molar-refractivity contribution is -0.318. The van der Waals surface area contributed by atoms with Gasteiger partial charge in [-0.05, 0) is 6.42 Å². The standard InChI is InChI=1S/C6H12O3/c1-6(2,3-4-7)5(8)9/h7H,3-4H2,1-2H3,(H,8,9)/p-1. The first-order valence-electron chi connectivity index (χ1n) is 2.83. The largest absolute Gasteiger partial charge is 0.550 e. The van der Waals surface area contributed by atoms with Crippen LogP contribution in [0.15, 0.2) is 0 Å². The van der Waals surface area contributed by atoms with Gasteiger partial charge in [-0.2, -0.15) is 0 Å². The van der Waals surface area contributed by atoms with E-state index in [0.29, 0.717) is 0 Å². The molecule has 3 heteroatoms. The maximum atomic E-state index is 10.2. The molecule has 0 saturated heterocycles. The Kier molecular flexibility index (Phi) is 2.65. The minimum Gasteiger partial charge on any atom is -0.550 e. The second-order valence-electron chi connectivity index (χ2n) is 2.64. The van der Waals surface area contributed by atoms with Crippen molar-refractivity contribution >= 4 is 5.97 Å². The summed E-state index contributed by atoms with van der Waals surface area (Å²) in [6.07, 6.45) is 0.245. The van der Waals surface area contributed by atoms with Crippen LogP contribution < -0.4 is 5.11 Å². The summed E-state index contributed by atoms with van der Waals surface area (Å²) in [4.78, 5) is 10.2. The van der Waals surface area contributed by atoms with Crippen molar-refractivity contribution in [3.8, 4) is 0 Å². The number of carboxylic acid groups (broad SMARTS) is 1. The zero-order valence-electron chi connectivity index (χ0n) is 5.68. The lowest BCUT2D eigenvalue weighted by Gasteiger charge is -2.24. The predicted octanol–water partition coefficient (Wildman–Crippen LogP) is -0.855. The Labute approximate surface area is 54.3 Å². The Morgan fingerprint density at radius 3 is 2.22 bits per heavy atom. The van der Waals surface area contributed by atoms with E-state index in [1.165, 1.54) is 13.8 Å². The van der Waals surface area contributed by atoms with Crippen LogP contribution in [0.3, 0.4) is 0 Å². The lowest BCUT2D eigenvalue weighted by atomic mass is 9.90. The molecule has 0 unspecified atom stereocenters. The van der Waals surface area contributed by atoms with Gasteiger partial charge in [-0.3, -0.25) is 0 Å². The van der Waals surface area contributed by atoms with Crippen LogP contribution in [0.1, 0.15) is 20.3 Å². The molecule has 0 aliphatic heterocycles. The fourth-order valence-corrected chi connectivity index (χ4v) is 0.382. The first-order chi connectivity index (χ1) is 4.00. The van der Waals surface area contributed by atoms with Crippen LogP contribution in [-0.4, -0.2) is 17.7 Å². The third-order valence-electron chi connectivity index (χ3n) is 1.29. The van der Waals surface area contributed by atoms with E-state index in [2.05, 4.69) is 0 Å². The van der Waals surface area contributed by atoms with Gasteiger partial charge in [0.1, 0.15) is 0 Å². The predicted molar refractivity (Wildman–Crippen MR) is 30.5 cm³/mol. The molecule has 3 nitrogen and oxygen atoms in total. The molecule has 0 heterocycles. The molecule has 1 N–H and O–H groups in total. The lowest BCUT2D eigenvalue weighted by Crippen LogP contribution is -2.38. The summed E-state index contributed by atoms with van der Waals surface area (Å²) >= 11 is 0. The molecule has 0 atom stereocenters. The monoisotopic (exact) mass is 131 g/mol. The molecule has 0 aliphatic carbocycles. The van der Waals surface area contributed by atoms with Crippen molar-refractivity contribution in [1.29, 1.82) is 0 Å². The summed E-state index contributed by atoms with van der Waals surface area (Å²) in [5.41, 5.74) is -0.894. The molecule has 0 saturated carbocycles. The topological polar surface area (TPSA) is 60.4 Å². The zero-order chi connectivity index (χ0) is 7.49. The molecule has 0 rings (SSSR count). The van der Waals surface area contributed by atoms with E-state index in [9.17, 15) is 9.90 Å². The quantitative estimate of drug-likeness (QED) is 0.542. The van der Waals surface area contributed by atoms with E-state index in [-0.39, 0.29) is 13.0 Å². The second-order valence-corrected chi connectivity index (χ2v) is 2.64. The van der Waals surface area contributed by atoms with Crippen molar-refractivity contribution in [2.24, 2.45) is 5.41 Å². The van der Waals surface area contributed by atoms with Crippen LogP contribution >= 0.6 is 0 Å². The molecule has 0 aliphatic rings. The number of hydrogen-bond donors (Lipinski definition) is 1. The van der Waals surface area contributed by atoms with Gasteiger partial charge in [-0.25, -0.2) is 0 Å². The molecule has 0 spiro atoms. The molecule has 0 aromatic heterocycles. The van der Waals surface area contributed by atoms with Gasteiger partial charge in [-0.15, -0.1) is 0 Å². The average Bonchev–Trinajstić information content (AvgIpc) is 1.65. The highest BCUT2D eigenvalue weighted by Crippen LogP contribution is 2.17. The highest BCUT2D eigenvalue weighted by molar-refractivity contribution is 5.71. The van der Waals surface area contributed by atoms with Gasteiger partial charge in [-0.1, -0.05) is 13.8 Å². The van der Waals surface area contributed by atoms with Gasteiger partial charge >= 0.3 is 0 Å². The van der Waals surface area contributed by atoms with E-state index < -0.39 is 11.4 Å². The Hall–Kier alpha value is -0.570. The SMILES string of the molecule is CC(C)(CCO)C(=O)[O-]. The summed E-state index contributed by atoms with van der Waals surface area (Å²) in [7, 11) is 0. The van der Waals surface area contributed by atoms with E-state index in [1.54, 1.807) is 0 Å². The van der Waals surface area contributed by atoms with Gasteiger partial charge in [0, 0.05) is 18.0 Å². The number of rotatable bonds is 3. The van der Waals surface area contributed by atoms with Crippen LogP contribution in [0.5, 0.6) is 0 Å². The number of carbonyl (C=O) groups is 1. The minimum absolute atomic E-state index is 0.110. The summed E-state index contributed by atoms with van der Waals surface area (Å²) in [6.45, 7) is 2.94. The molecule has 0 aromatic carbocycles. The summed E-state index contributed by atoms with van der Waals surface area (Å²) < 4.78 is 0. The summed E-state index contributed by atoms with van der Waals surface area (Å²) in [6, 6.07) is 0. The number of carbonyl (C=O) groups excluding carboxylic acids is 1. The van der Waals surface area contributed by atoms with E-state index >= 15 is 0 Å². The van der Waals surface area contributed by atoms with Crippen LogP contribution in [0.2, 0.25) is 0 Å². The van der Waals surface area contributed by atoms with E-state index in [4.69, 9.17) is 5.11 Å². The van der Waals surface area contributed by atoms with Gasteiger partial charge in [0.05, 0.1) is 0 Å². The Balaban J connectivity index is 3.85. The fraction of sp³-hybridized carbons (Fsp3) is 0.833. The van der Waals surface area contributed by atoms with Crippen LogP contribution in [0.4, 0.5) is 0 Å². The Morgan fingerprint density at radius 2 is 2.11 bits per heavy atom. The number of aliphatic hydroxyl groups excluding tert-OH is 1. The zero-order valence-corrected chi connectivity index (χ0v) is 5.68. The van der Waals surface area contributed by atoms with E-state index in [0.717, 1.165) is 0 Å². The van der Waals surface area contributed by atoms with Gasteiger partial charge in [0.15, 0.2) is 0 Å². The number of aliphatic hydroxyl groups is 1. The van der Waals surface area contributed by atoms with Crippen molar-refractivity contribution in [3.05, 3.63) is 0 Å². The number of carboxylic acids is 1. The highest BCUT2D eigenvalue weighted by Gasteiger charge is 2.17. The summed E-state index contributed by atoms with van der Waals surface area (Å²) in [5.74, 6) is -1.11. The van der Waals surface area contributed by atoms with Gasteiger partial charge in [0.2, 0.25) is 0 Å². The van der Waals surface area contributed by atoms with E-state index in [1.807, 2.05) is 0 Å². The first kappa shape index (κ1) is 8.43. The van der Waals surface area contributed by atoms with Crippen molar-refractivity contribution in [3.63, 3.8) is 0 Å². The minimum atomic E-state index is -1.11. The number of aliphatic carboxylic acids is 1. The fourth-order valence-electron chi connectivity index (χ4n) is 0.382. The molecule has 0 aromatic rings. The third kappa shape index (κ3) is 2.46. The molecule has 0 fully saturated rings. The average molecular weight is 131 g/mol. The molecule has 0 bridgehead atoms. The second kappa shape index (κ2) is 2.82. The summed E-state index contributed by atoms with van der Waals surface area (Å²) in [5, 5.41) is 18.5. The van der Waals surface area contributed by atoms with Crippen LogP contribution in [0, 0.1) is 5.41 Å². The normalized spacial score (nSPS) is 11.4. The third-order valence-corrected chi connectivity index (χ3v) is 1.29. The van der Waals surface area contributed by atoms with Crippen LogP contribution in [0.25, 0.3) is 0 Å². The number of hydrogen-bond acceptors (Lipinski definition) is 3. The molecular weight excluding hydrogens is 120 g/mol. The van der Waals surface area contributed by atoms with Crippen molar-refractivity contribution in [2.45, 2.75) is 20.3 Å². The van der Waals surface area contributed by atoms with Crippen molar-refractivity contribution in [2.75, 3.05) is 6.61 Å². The molecule has 0 radical (unpaired) electrons. The Bertz CT molecular complexity index is 107. The molecule has 9 heavy (non-hydrogen) atoms. The van der Waals surface area contributed by atoms with Crippen molar-refractivity contribution in [1.82, 2.24) is 0 Å². The maximum Gasteiger partial charge on any atom is 0.0471 e. The molecule has 0 amide bonds. The highest BCUT2D eigenvalue weighted by atomic mass is 16.4. The first-order valence-corrected chi connectivity index (χ1v) is 2.83. The smallest absolute Gasteiger partial charge is 0.0471 e. The maximum absolute atomic E-state index is 10.2. The van der Waals surface area contributed by atoms with Crippen LogP contribution in [-0.2, 0) is 4.79 Å². The van der Waals surface area contributed by atoms with Gasteiger partial charge < -0.3 is 15.0 Å². The Morgan fingerprint density at radius 1 is 1.67 bits per heavy atom. The van der Waals surface area contributed by atoms with Gasteiger partial charge in [0.25, 0.3) is 0 Å². The molecular formula is C6H11O3-. The molecule has 54 valence electrons. The van der Waals surface area contributed by atoms with Crippen molar-refractivity contribution < 1.29 is 15.0 Å².